The van der Waals surface area contributed by atoms with Gasteiger partial charge in [-0.25, -0.2) is 0 Å². The molecule has 2 aromatic rings. The number of nitrogen functional groups attached to an aromatic ring is 1. The molecule has 0 aromatic heterocycles. The molecule has 135 valence electrons. The van der Waals surface area contributed by atoms with E-state index in [9.17, 15) is 21.4 Å². The number of rotatable bonds is 4. The molecule has 9 nitrogen and oxygen atoms in total. The summed E-state index contributed by atoms with van der Waals surface area (Å²) in [7, 11) is -9.26. The van der Waals surface area contributed by atoms with Gasteiger partial charge < -0.3 is 5.73 Å². The second kappa shape index (κ2) is 8.13. The van der Waals surface area contributed by atoms with Crippen LogP contribution in [0.5, 0.6) is 0 Å². The quantitative estimate of drug-likeness (QED) is 0.303. The first kappa shape index (κ1) is 22.7. The van der Waals surface area contributed by atoms with E-state index in [0.29, 0.717) is 16.9 Å². The first-order chi connectivity index (χ1) is 11.4. The summed E-state index contributed by atoms with van der Waals surface area (Å²) < 4.78 is 63.6. The molecular weight excluding hydrogens is 393 g/mol. The summed E-state index contributed by atoms with van der Waals surface area (Å²) in [6.45, 7) is 3.46. The Morgan fingerprint density at radius 2 is 1.42 bits per heavy atom. The third-order valence-corrected chi connectivity index (χ3v) is 5.11. The minimum Gasteiger partial charge on any atom is -0.399 e. The zero-order valence-electron chi connectivity index (χ0n) is 14.2. The van der Waals surface area contributed by atoms with Crippen molar-refractivity contribution in [1.82, 2.24) is 0 Å². The largest absolute Gasteiger partial charge is 0.399 e. The first-order valence-corrected chi connectivity index (χ1v) is 9.65. The monoisotopic (exact) mass is 408 g/mol. The maximum absolute atomic E-state index is 11.4. The van der Waals surface area contributed by atoms with Crippen molar-refractivity contribution in [2.45, 2.75) is 23.6 Å². The van der Waals surface area contributed by atoms with Crippen LogP contribution in [0.2, 0.25) is 0 Å². The van der Waals surface area contributed by atoms with Gasteiger partial charge in [0, 0.05) is 35.2 Å². The van der Waals surface area contributed by atoms with Crippen molar-refractivity contribution in [3.05, 3.63) is 41.5 Å². The fraction of sp³-hybridized carbons (Fsp3) is 0.143. The van der Waals surface area contributed by atoms with Crippen LogP contribution in [0.15, 0.2) is 50.4 Å². The van der Waals surface area contributed by atoms with Gasteiger partial charge in [-0.05, 0) is 55.3 Å². The van der Waals surface area contributed by atoms with E-state index >= 15 is 0 Å². The summed E-state index contributed by atoms with van der Waals surface area (Å²) in [5.74, 6) is 0. The molecule has 0 saturated heterocycles. The normalized spacial score (nSPS) is 12.2. The maximum atomic E-state index is 11.4. The SMILES string of the molecule is Cc1cc(N=Nc2cc(S(=O)(=O)O)ccc2S(=O)(=O)O)c(C)cc1N.[Na]. The van der Waals surface area contributed by atoms with Crippen LogP contribution in [0.25, 0.3) is 0 Å². The number of nitrogens with zero attached hydrogens (tertiary/aromatic N) is 2. The van der Waals surface area contributed by atoms with Gasteiger partial charge in [0.05, 0.1) is 10.6 Å². The summed E-state index contributed by atoms with van der Waals surface area (Å²) in [6, 6.07) is 5.71. The minimum atomic E-state index is -4.68. The van der Waals surface area contributed by atoms with E-state index in [1.54, 1.807) is 26.0 Å². The fourth-order valence-electron chi connectivity index (χ4n) is 1.99. The van der Waals surface area contributed by atoms with Crippen molar-refractivity contribution in [2.24, 2.45) is 10.2 Å². The van der Waals surface area contributed by atoms with Crippen LogP contribution in [0, 0.1) is 13.8 Å². The molecule has 0 unspecified atom stereocenters. The Morgan fingerprint density at radius 3 is 1.96 bits per heavy atom. The van der Waals surface area contributed by atoms with Crippen molar-refractivity contribution < 1.29 is 25.9 Å². The van der Waals surface area contributed by atoms with Gasteiger partial charge in [-0.15, -0.1) is 5.11 Å². The van der Waals surface area contributed by atoms with Gasteiger partial charge in [0.2, 0.25) is 0 Å². The van der Waals surface area contributed by atoms with Gasteiger partial charge in [-0.1, -0.05) is 0 Å². The minimum absolute atomic E-state index is 0. The Hall–Kier alpha value is -1.34. The molecule has 0 atom stereocenters. The maximum Gasteiger partial charge on any atom is 0.296 e. The number of azo groups is 1. The molecule has 0 aliphatic heterocycles. The summed E-state index contributed by atoms with van der Waals surface area (Å²) >= 11 is 0. The second-order valence-electron chi connectivity index (χ2n) is 5.27. The zero-order valence-corrected chi connectivity index (χ0v) is 17.8. The Bertz CT molecular complexity index is 1080. The van der Waals surface area contributed by atoms with E-state index in [4.69, 9.17) is 10.3 Å². The molecule has 0 aliphatic carbocycles. The van der Waals surface area contributed by atoms with Crippen LogP contribution in [-0.2, 0) is 20.2 Å². The van der Waals surface area contributed by atoms with Gasteiger partial charge >= 0.3 is 0 Å². The molecule has 0 spiro atoms. The molecular formula is C14H15N3NaO6S2. The molecule has 0 aliphatic rings. The third kappa shape index (κ3) is 5.33. The molecule has 0 amide bonds. The molecule has 0 fully saturated rings. The molecule has 2 aromatic carbocycles. The van der Waals surface area contributed by atoms with Gasteiger partial charge in [-0.2, -0.15) is 21.9 Å². The topological polar surface area (TPSA) is 159 Å². The van der Waals surface area contributed by atoms with Crippen LogP contribution in [-0.4, -0.2) is 55.5 Å². The van der Waals surface area contributed by atoms with Gasteiger partial charge in [-0.3, -0.25) is 9.11 Å². The number of hydrogen-bond acceptors (Lipinski definition) is 7. The van der Waals surface area contributed by atoms with Crippen molar-refractivity contribution in [3.63, 3.8) is 0 Å². The van der Waals surface area contributed by atoms with E-state index in [2.05, 4.69) is 10.2 Å². The van der Waals surface area contributed by atoms with Crippen LogP contribution >= 0.6 is 0 Å². The number of aryl methyl sites for hydroxylation is 2. The Labute approximate surface area is 173 Å². The standard InChI is InChI=1S/C14H15N3O6S2.Na/c1-8-6-12(9(2)5-11(8)15)16-17-13-7-10(24(18,19)20)3-4-14(13)25(21,22)23;/h3-7H,15H2,1-2H3,(H,18,19,20)(H,21,22,23);. The predicted octanol–water partition coefficient (Wildman–Crippen LogP) is 2.41. The molecule has 1 radical (unpaired) electrons. The average Bonchev–Trinajstić information content (AvgIpc) is 2.47. The van der Waals surface area contributed by atoms with Crippen LogP contribution in [0.4, 0.5) is 17.1 Å². The number of nitrogens with two attached hydrogens (primary N) is 1. The van der Waals surface area contributed by atoms with E-state index < -0.39 is 35.7 Å². The average molecular weight is 408 g/mol. The Balaban J connectivity index is 0.00000338. The summed E-state index contributed by atoms with van der Waals surface area (Å²) in [5, 5.41) is 7.61. The van der Waals surface area contributed by atoms with Crippen molar-refractivity contribution in [2.75, 3.05) is 5.73 Å². The number of anilines is 1. The smallest absolute Gasteiger partial charge is 0.296 e. The summed E-state index contributed by atoms with van der Waals surface area (Å²) in [6.07, 6.45) is 0. The van der Waals surface area contributed by atoms with E-state index in [1.165, 1.54) is 0 Å². The second-order valence-corrected chi connectivity index (χ2v) is 8.09. The fourth-order valence-corrected chi connectivity index (χ4v) is 3.10. The summed E-state index contributed by atoms with van der Waals surface area (Å²) in [4.78, 5) is -1.23. The molecule has 0 saturated carbocycles. The van der Waals surface area contributed by atoms with Crippen molar-refractivity contribution in [1.29, 1.82) is 0 Å². The molecule has 26 heavy (non-hydrogen) atoms. The third-order valence-electron chi connectivity index (χ3n) is 3.36. The van der Waals surface area contributed by atoms with Crippen LogP contribution in [0.1, 0.15) is 11.1 Å². The van der Waals surface area contributed by atoms with Gasteiger partial charge in [0.15, 0.2) is 0 Å². The first-order valence-electron chi connectivity index (χ1n) is 6.77. The Kier molecular flexibility index (Phi) is 7.10. The van der Waals surface area contributed by atoms with Crippen molar-refractivity contribution in [3.8, 4) is 0 Å². The molecule has 4 N–H and O–H groups in total. The number of hydrogen-bond donors (Lipinski definition) is 3. The van der Waals surface area contributed by atoms with Crippen LogP contribution < -0.4 is 5.73 Å². The van der Waals surface area contributed by atoms with Crippen LogP contribution in [0.3, 0.4) is 0 Å². The van der Waals surface area contributed by atoms with E-state index in [-0.39, 0.29) is 29.6 Å². The zero-order chi connectivity index (χ0) is 19.0. The van der Waals surface area contributed by atoms with Gasteiger partial charge in [0.1, 0.15) is 10.6 Å². The summed E-state index contributed by atoms with van der Waals surface area (Å²) in [5.41, 5.74) is 7.63. The van der Waals surface area contributed by atoms with Crippen molar-refractivity contribution >= 4 is 66.9 Å². The number of benzene rings is 2. The van der Waals surface area contributed by atoms with E-state index in [1.807, 2.05) is 0 Å². The molecule has 0 heterocycles. The predicted molar refractivity (Wildman–Crippen MR) is 96.3 cm³/mol. The molecule has 0 bridgehead atoms. The van der Waals surface area contributed by atoms with Gasteiger partial charge in [0.25, 0.3) is 20.2 Å². The molecule has 12 heteroatoms. The van der Waals surface area contributed by atoms with E-state index in [0.717, 1.165) is 23.8 Å². The Morgan fingerprint density at radius 1 is 0.846 bits per heavy atom. The molecule has 2 rings (SSSR count).